The molecule has 2 aromatic rings. The van der Waals surface area contributed by atoms with Crippen molar-refractivity contribution >= 4 is 15.7 Å². The zero-order chi connectivity index (χ0) is 23.7. The Hall–Kier alpha value is -2.23. The summed E-state index contributed by atoms with van der Waals surface area (Å²) in [6, 6.07) is 6.40. The molecule has 7 nitrogen and oxygen atoms in total. The van der Waals surface area contributed by atoms with Crippen molar-refractivity contribution in [3.05, 3.63) is 41.8 Å². The number of anilines is 1. The number of hydrogen-bond donors (Lipinski definition) is 2. The zero-order valence-corrected chi connectivity index (χ0v) is 20.4. The molecule has 1 aromatic heterocycles. The van der Waals surface area contributed by atoms with Crippen LogP contribution in [0.25, 0.3) is 11.1 Å². The van der Waals surface area contributed by atoms with Crippen molar-refractivity contribution in [1.82, 2.24) is 14.6 Å². The van der Waals surface area contributed by atoms with Crippen LogP contribution in [0.1, 0.15) is 45.6 Å². The Morgan fingerprint density at radius 1 is 1.19 bits per heavy atom. The molecule has 0 aliphatic carbocycles. The third kappa shape index (κ3) is 7.43. The van der Waals surface area contributed by atoms with Crippen molar-refractivity contribution in [2.75, 3.05) is 44.5 Å². The van der Waals surface area contributed by atoms with Gasteiger partial charge in [-0.15, -0.1) is 0 Å². The van der Waals surface area contributed by atoms with Crippen LogP contribution < -0.4 is 14.8 Å². The van der Waals surface area contributed by atoms with Crippen molar-refractivity contribution in [3.8, 4) is 17.0 Å². The predicted molar refractivity (Wildman–Crippen MR) is 128 cm³/mol. The van der Waals surface area contributed by atoms with E-state index in [9.17, 15) is 12.8 Å². The van der Waals surface area contributed by atoms with Crippen LogP contribution in [-0.4, -0.2) is 57.5 Å². The first-order chi connectivity index (χ1) is 15.2. The van der Waals surface area contributed by atoms with Crippen LogP contribution in [-0.2, 0) is 10.0 Å². The molecule has 0 aliphatic rings. The molecule has 178 valence electrons. The average molecular weight is 467 g/mol. The first-order valence-corrected chi connectivity index (χ1v) is 12.6. The van der Waals surface area contributed by atoms with E-state index >= 15 is 0 Å². The van der Waals surface area contributed by atoms with Gasteiger partial charge in [0.05, 0.1) is 19.5 Å². The second-order valence-electron chi connectivity index (χ2n) is 7.86. The summed E-state index contributed by atoms with van der Waals surface area (Å²) in [6.07, 6.45) is 2.16. The van der Waals surface area contributed by atoms with Crippen molar-refractivity contribution in [3.63, 3.8) is 0 Å². The number of methoxy groups -OCH3 is 1. The number of benzene rings is 1. The molecule has 2 rings (SSSR count). The first kappa shape index (κ1) is 26.0. The Morgan fingerprint density at radius 2 is 1.91 bits per heavy atom. The SMILES string of the molecule is CCN(CC)CCCS(=O)(=O)NCNc1c(-c2ccnc(OC)c2)cc(F)cc1C(C)C. The Bertz CT molecular complexity index is 979. The van der Waals surface area contributed by atoms with E-state index < -0.39 is 10.0 Å². The summed E-state index contributed by atoms with van der Waals surface area (Å²) in [5, 5.41) is 3.18. The maximum absolute atomic E-state index is 14.4. The summed E-state index contributed by atoms with van der Waals surface area (Å²) in [5.41, 5.74) is 2.79. The molecule has 0 amide bonds. The van der Waals surface area contributed by atoms with Crippen molar-refractivity contribution in [1.29, 1.82) is 0 Å². The van der Waals surface area contributed by atoms with E-state index in [1.54, 1.807) is 18.3 Å². The molecule has 32 heavy (non-hydrogen) atoms. The summed E-state index contributed by atoms with van der Waals surface area (Å²) in [6.45, 7) is 10.6. The average Bonchev–Trinajstić information content (AvgIpc) is 2.77. The quantitative estimate of drug-likeness (QED) is 0.434. The molecule has 2 N–H and O–H groups in total. The molecule has 9 heteroatoms. The van der Waals surface area contributed by atoms with Crippen LogP contribution in [0.4, 0.5) is 10.1 Å². The van der Waals surface area contributed by atoms with Crippen LogP contribution in [0, 0.1) is 5.82 Å². The lowest BCUT2D eigenvalue weighted by molar-refractivity contribution is 0.305. The summed E-state index contributed by atoms with van der Waals surface area (Å²) in [5.74, 6) is 0.140. The van der Waals surface area contributed by atoms with Crippen molar-refractivity contribution in [2.24, 2.45) is 0 Å². The molecule has 0 saturated heterocycles. The van der Waals surface area contributed by atoms with E-state index in [-0.39, 0.29) is 24.2 Å². The second kappa shape index (κ2) is 12.1. The van der Waals surface area contributed by atoms with Crippen LogP contribution >= 0.6 is 0 Å². The Kier molecular flexibility index (Phi) is 9.86. The van der Waals surface area contributed by atoms with Crippen LogP contribution in [0.3, 0.4) is 0 Å². The van der Waals surface area contributed by atoms with Gasteiger partial charge in [-0.25, -0.2) is 17.8 Å². The van der Waals surface area contributed by atoms with Crippen LogP contribution in [0.2, 0.25) is 0 Å². The van der Waals surface area contributed by atoms with E-state index in [0.717, 1.165) is 30.8 Å². The van der Waals surface area contributed by atoms with Crippen LogP contribution in [0.5, 0.6) is 5.88 Å². The lowest BCUT2D eigenvalue weighted by Crippen LogP contribution is -2.33. The van der Waals surface area contributed by atoms with E-state index in [0.29, 0.717) is 23.6 Å². The minimum absolute atomic E-state index is 0.00811. The highest BCUT2D eigenvalue weighted by Gasteiger charge is 2.17. The van der Waals surface area contributed by atoms with Gasteiger partial charge in [0.15, 0.2) is 0 Å². The van der Waals surface area contributed by atoms with Crippen LogP contribution in [0.15, 0.2) is 30.5 Å². The fourth-order valence-electron chi connectivity index (χ4n) is 3.52. The molecule has 1 heterocycles. The molecule has 0 unspecified atom stereocenters. The number of pyridine rings is 1. The fraction of sp³-hybridized carbons (Fsp3) is 0.522. The third-order valence-corrected chi connectivity index (χ3v) is 6.76. The van der Waals surface area contributed by atoms with Gasteiger partial charge < -0.3 is 15.0 Å². The standard InChI is InChI=1S/C23H35FN4O3S/c1-6-28(7-2)11-8-12-32(29,30)27-16-26-23-20(17(3)4)14-19(24)15-21(23)18-9-10-25-22(13-18)31-5/h9-10,13-15,17,26-27H,6-8,11-12,16H2,1-5H3. The third-order valence-electron chi connectivity index (χ3n) is 5.35. The number of sulfonamides is 1. The Labute approximate surface area is 191 Å². The lowest BCUT2D eigenvalue weighted by Gasteiger charge is -2.20. The second-order valence-corrected chi connectivity index (χ2v) is 9.78. The number of halogens is 1. The summed E-state index contributed by atoms with van der Waals surface area (Å²) in [4.78, 5) is 6.30. The monoisotopic (exact) mass is 466 g/mol. The number of nitrogens with zero attached hydrogens (tertiary/aromatic N) is 2. The van der Waals surface area contributed by atoms with E-state index in [4.69, 9.17) is 4.74 Å². The summed E-state index contributed by atoms with van der Waals surface area (Å²) < 4.78 is 47.1. The minimum atomic E-state index is -3.44. The molecule has 0 aliphatic heterocycles. The highest BCUT2D eigenvalue weighted by molar-refractivity contribution is 7.89. The van der Waals surface area contributed by atoms with Gasteiger partial charge in [0.2, 0.25) is 15.9 Å². The molecule has 1 aromatic carbocycles. The normalized spacial score (nSPS) is 11.9. The molecule has 0 bridgehead atoms. The maximum atomic E-state index is 14.4. The smallest absolute Gasteiger partial charge is 0.213 e. The van der Waals surface area contributed by atoms with Gasteiger partial charge in [-0.05, 0) is 61.3 Å². The molecular weight excluding hydrogens is 431 g/mol. The Balaban J connectivity index is 2.19. The molecule has 0 atom stereocenters. The van der Waals surface area contributed by atoms with Crippen molar-refractivity contribution in [2.45, 2.75) is 40.0 Å². The van der Waals surface area contributed by atoms with E-state index in [2.05, 4.69) is 33.8 Å². The highest BCUT2D eigenvalue weighted by Crippen LogP contribution is 2.36. The largest absolute Gasteiger partial charge is 0.481 e. The van der Waals surface area contributed by atoms with Crippen molar-refractivity contribution < 1.29 is 17.5 Å². The molecule has 0 spiro atoms. The minimum Gasteiger partial charge on any atom is -0.481 e. The molecule has 0 saturated carbocycles. The highest BCUT2D eigenvalue weighted by atomic mass is 32.2. The van der Waals surface area contributed by atoms with Gasteiger partial charge in [0, 0.05) is 23.5 Å². The van der Waals surface area contributed by atoms with E-state index in [1.807, 2.05) is 13.8 Å². The van der Waals surface area contributed by atoms with Gasteiger partial charge in [-0.1, -0.05) is 27.7 Å². The van der Waals surface area contributed by atoms with Gasteiger partial charge in [0.1, 0.15) is 5.82 Å². The predicted octanol–water partition coefficient (Wildman–Crippen LogP) is 4.04. The fourth-order valence-corrected chi connectivity index (χ4v) is 4.47. The molecule has 0 radical (unpaired) electrons. The lowest BCUT2D eigenvalue weighted by atomic mass is 9.94. The van der Waals surface area contributed by atoms with Gasteiger partial charge in [-0.2, -0.15) is 4.72 Å². The topological polar surface area (TPSA) is 83.6 Å². The van der Waals surface area contributed by atoms with Gasteiger partial charge >= 0.3 is 0 Å². The maximum Gasteiger partial charge on any atom is 0.213 e. The number of nitrogens with one attached hydrogen (secondary N) is 2. The molecular formula is C23H35FN4O3S. The first-order valence-electron chi connectivity index (χ1n) is 11.0. The Morgan fingerprint density at radius 3 is 2.53 bits per heavy atom. The number of rotatable bonds is 13. The van der Waals surface area contributed by atoms with E-state index in [1.165, 1.54) is 19.2 Å². The number of hydrogen-bond acceptors (Lipinski definition) is 6. The molecule has 0 fully saturated rings. The van der Waals surface area contributed by atoms with Gasteiger partial charge in [0.25, 0.3) is 0 Å². The summed E-state index contributed by atoms with van der Waals surface area (Å²) in [7, 11) is -1.92. The number of aromatic nitrogens is 1. The number of ether oxygens (including phenoxy) is 1. The van der Waals surface area contributed by atoms with Gasteiger partial charge in [-0.3, -0.25) is 0 Å². The summed E-state index contributed by atoms with van der Waals surface area (Å²) >= 11 is 0. The zero-order valence-electron chi connectivity index (χ0n) is 19.6.